The molecule has 7 heteroatoms. The third-order valence-corrected chi connectivity index (χ3v) is 4.74. The van der Waals surface area contributed by atoms with Crippen LogP contribution in [0, 0.1) is 11.3 Å². The summed E-state index contributed by atoms with van der Waals surface area (Å²) < 4.78 is 5.54. The van der Waals surface area contributed by atoms with Crippen LogP contribution >= 0.6 is 31.9 Å². The fraction of sp³-hybridized carbons (Fsp3) is 0.400. The fourth-order valence-corrected chi connectivity index (χ4v) is 3.74. The maximum atomic E-state index is 10.8. The van der Waals surface area contributed by atoms with Gasteiger partial charge in [0.25, 0.3) is 0 Å². The lowest BCUT2D eigenvalue weighted by Gasteiger charge is -2.11. The molecule has 1 aromatic carbocycles. The van der Waals surface area contributed by atoms with Gasteiger partial charge in [0.05, 0.1) is 20.2 Å². The smallest absolute Gasteiger partial charge is 0.449 e. The summed E-state index contributed by atoms with van der Waals surface area (Å²) in [6.07, 6.45) is 4.96. The Morgan fingerprint density at radius 3 is 2.45 bits per heavy atom. The molecule has 0 atom stereocenters. The van der Waals surface area contributed by atoms with Crippen LogP contribution in [-0.4, -0.2) is 17.0 Å². The second-order valence-electron chi connectivity index (χ2n) is 4.97. The molecular weight excluding hydrogens is 416 g/mol. The van der Waals surface area contributed by atoms with Crippen LogP contribution in [0.4, 0.5) is 10.5 Å². The summed E-state index contributed by atoms with van der Waals surface area (Å²) in [6.45, 7) is 0. The van der Waals surface area contributed by atoms with Crippen molar-refractivity contribution in [1.82, 2.24) is 0 Å². The monoisotopic (exact) mass is 428 g/mol. The van der Waals surface area contributed by atoms with Gasteiger partial charge in [-0.15, -0.1) is 0 Å². The van der Waals surface area contributed by atoms with E-state index in [2.05, 4.69) is 42.9 Å². The van der Waals surface area contributed by atoms with Crippen molar-refractivity contribution >= 4 is 49.4 Å². The van der Waals surface area contributed by atoms with Crippen molar-refractivity contribution in [3.05, 3.63) is 20.6 Å². The predicted molar refractivity (Wildman–Crippen MR) is 90.0 cm³/mol. The summed E-state index contributed by atoms with van der Waals surface area (Å²) in [5.41, 5.74) is 1.84. The average Bonchev–Trinajstić information content (AvgIpc) is 2.74. The number of hydrogen-bond donors (Lipinski definition) is 1. The Labute approximate surface area is 145 Å². The van der Waals surface area contributed by atoms with Crippen LogP contribution in [0.25, 0.3) is 0 Å². The van der Waals surface area contributed by atoms with Gasteiger partial charge in [-0.3, -0.25) is 4.99 Å². The second kappa shape index (κ2) is 7.75. The summed E-state index contributed by atoms with van der Waals surface area (Å²) in [6, 6.07) is 3.62. The highest BCUT2D eigenvalue weighted by Crippen LogP contribution is 2.43. The van der Waals surface area contributed by atoms with Crippen molar-refractivity contribution in [2.24, 2.45) is 4.99 Å². The minimum absolute atomic E-state index is 0.111. The zero-order valence-electron chi connectivity index (χ0n) is 11.7. The average molecular weight is 430 g/mol. The lowest BCUT2D eigenvalue weighted by atomic mass is 10.1. The molecule has 22 heavy (non-hydrogen) atoms. The van der Waals surface area contributed by atoms with E-state index in [1.807, 2.05) is 0 Å². The highest BCUT2D eigenvalue weighted by atomic mass is 79.9. The van der Waals surface area contributed by atoms with E-state index >= 15 is 0 Å². The minimum Gasteiger partial charge on any atom is -0.449 e. The molecule has 0 saturated heterocycles. The van der Waals surface area contributed by atoms with Crippen LogP contribution in [0.5, 0.6) is 5.75 Å². The van der Waals surface area contributed by atoms with E-state index in [9.17, 15) is 10.1 Å². The zero-order valence-corrected chi connectivity index (χ0v) is 14.9. The molecule has 0 spiro atoms. The van der Waals surface area contributed by atoms with Crippen LogP contribution in [0.15, 0.2) is 20.0 Å². The standard InChI is InChI=1S/C15H14Br2N2O3/c16-11-7-9(8-18)13(12(17)14(11)22-15(20)21)19-10-5-3-1-2-4-6-10/h7H,1-6H2,(H,20,21). The number of carbonyl (C=O) groups is 1. The van der Waals surface area contributed by atoms with Crippen molar-refractivity contribution in [2.45, 2.75) is 38.5 Å². The van der Waals surface area contributed by atoms with Crippen molar-refractivity contribution in [3.8, 4) is 11.8 Å². The lowest BCUT2D eigenvalue weighted by molar-refractivity contribution is 0.144. The highest BCUT2D eigenvalue weighted by molar-refractivity contribution is 9.11. The van der Waals surface area contributed by atoms with Gasteiger partial charge < -0.3 is 9.84 Å². The second-order valence-corrected chi connectivity index (χ2v) is 6.62. The number of rotatable bonds is 2. The Morgan fingerprint density at radius 2 is 1.91 bits per heavy atom. The van der Waals surface area contributed by atoms with Gasteiger partial charge in [0, 0.05) is 5.71 Å². The normalized spacial score (nSPS) is 14.9. The largest absolute Gasteiger partial charge is 0.511 e. The van der Waals surface area contributed by atoms with Gasteiger partial charge in [-0.25, -0.2) is 4.79 Å². The number of nitriles is 1. The molecule has 1 fully saturated rings. The molecule has 2 rings (SSSR count). The van der Waals surface area contributed by atoms with Gasteiger partial charge in [0.1, 0.15) is 6.07 Å². The van der Waals surface area contributed by atoms with E-state index in [1.165, 1.54) is 18.9 Å². The summed E-state index contributed by atoms with van der Waals surface area (Å²) in [5.74, 6) is 0.111. The molecule has 0 amide bonds. The molecule has 5 nitrogen and oxygen atoms in total. The third kappa shape index (κ3) is 4.08. The molecule has 1 aromatic rings. The predicted octanol–water partition coefficient (Wildman–Crippen LogP) is 5.57. The van der Waals surface area contributed by atoms with Crippen molar-refractivity contribution in [2.75, 3.05) is 0 Å². The summed E-state index contributed by atoms with van der Waals surface area (Å²) >= 11 is 6.54. The van der Waals surface area contributed by atoms with Crippen LogP contribution < -0.4 is 4.74 Å². The van der Waals surface area contributed by atoms with E-state index in [1.54, 1.807) is 0 Å². The van der Waals surface area contributed by atoms with Gasteiger partial charge in [0.15, 0.2) is 5.75 Å². The zero-order chi connectivity index (χ0) is 16.1. The number of hydrogen-bond acceptors (Lipinski definition) is 4. The van der Waals surface area contributed by atoms with Crippen LogP contribution in [0.2, 0.25) is 0 Å². The quantitative estimate of drug-likeness (QED) is 0.378. The molecule has 1 aliphatic rings. The molecule has 1 N–H and O–H groups in total. The first-order chi connectivity index (χ1) is 10.5. The Bertz CT molecular complexity index is 656. The van der Waals surface area contributed by atoms with Crippen molar-refractivity contribution < 1.29 is 14.6 Å². The SMILES string of the molecule is N#Cc1cc(Br)c(OC(=O)O)c(Br)c1N=C1CCCCCC1. The van der Waals surface area contributed by atoms with E-state index in [0.29, 0.717) is 20.2 Å². The molecular formula is C15H14Br2N2O3. The molecule has 1 aliphatic carbocycles. The van der Waals surface area contributed by atoms with E-state index < -0.39 is 6.16 Å². The minimum atomic E-state index is -1.42. The van der Waals surface area contributed by atoms with Gasteiger partial charge in [-0.2, -0.15) is 5.26 Å². The number of nitrogens with zero attached hydrogens (tertiary/aromatic N) is 2. The van der Waals surface area contributed by atoms with Crippen LogP contribution in [-0.2, 0) is 0 Å². The van der Waals surface area contributed by atoms with Crippen molar-refractivity contribution in [1.29, 1.82) is 5.26 Å². The maximum Gasteiger partial charge on any atom is 0.511 e. The highest BCUT2D eigenvalue weighted by Gasteiger charge is 2.19. The van der Waals surface area contributed by atoms with Crippen molar-refractivity contribution in [3.63, 3.8) is 0 Å². The molecule has 0 radical (unpaired) electrons. The lowest BCUT2D eigenvalue weighted by Crippen LogP contribution is -2.05. The number of carboxylic acid groups (broad SMARTS) is 1. The first kappa shape index (κ1) is 17.0. The van der Waals surface area contributed by atoms with Gasteiger partial charge >= 0.3 is 6.16 Å². The maximum absolute atomic E-state index is 10.8. The Hall–Kier alpha value is -1.39. The molecule has 0 heterocycles. The third-order valence-electron chi connectivity index (χ3n) is 3.41. The first-order valence-electron chi connectivity index (χ1n) is 6.92. The van der Waals surface area contributed by atoms with Gasteiger partial charge in [-0.05, 0) is 63.6 Å². The molecule has 1 saturated carbocycles. The van der Waals surface area contributed by atoms with Crippen LogP contribution in [0.1, 0.15) is 44.1 Å². The number of halogens is 2. The number of benzene rings is 1. The molecule has 0 bridgehead atoms. The summed E-state index contributed by atoms with van der Waals surface area (Å²) in [5, 5.41) is 18.1. The molecule has 0 unspecified atom stereocenters. The van der Waals surface area contributed by atoms with E-state index in [-0.39, 0.29) is 5.75 Å². The topological polar surface area (TPSA) is 82.7 Å². The van der Waals surface area contributed by atoms with Crippen LogP contribution in [0.3, 0.4) is 0 Å². The molecule has 116 valence electrons. The molecule has 0 aromatic heterocycles. The number of aliphatic imine (C=N–C) groups is 1. The first-order valence-corrected chi connectivity index (χ1v) is 8.51. The van der Waals surface area contributed by atoms with Gasteiger partial charge in [-0.1, -0.05) is 12.8 Å². The Balaban J connectivity index is 2.50. The van der Waals surface area contributed by atoms with Gasteiger partial charge in [0.2, 0.25) is 0 Å². The molecule has 0 aliphatic heterocycles. The summed E-state index contributed by atoms with van der Waals surface area (Å²) in [7, 11) is 0. The Kier molecular flexibility index (Phi) is 5.98. The number of ether oxygens (including phenoxy) is 1. The van der Waals surface area contributed by atoms with E-state index in [0.717, 1.165) is 31.4 Å². The summed E-state index contributed by atoms with van der Waals surface area (Å²) in [4.78, 5) is 15.4. The fourth-order valence-electron chi connectivity index (χ4n) is 2.37. The van der Waals surface area contributed by atoms with E-state index in [4.69, 9.17) is 9.84 Å². The Morgan fingerprint density at radius 1 is 1.27 bits per heavy atom.